The molecule has 1 fully saturated rings. The van der Waals surface area contributed by atoms with E-state index in [-0.39, 0.29) is 5.66 Å². The van der Waals surface area contributed by atoms with Gasteiger partial charge in [0, 0.05) is 17.3 Å². The van der Waals surface area contributed by atoms with Crippen molar-refractivity contribution in [3.63, 3.8) is 0 Å². The highest BCUT2D eigenvalue weighted by Gasteiger charge is 2.43. The number of rotatable bonds is 3. The Morgan fingerprint density at radius 2 is 1.92 bits per heavy atom. The SMILES string of the molecule is Cc1cccc(N2CCCCC2(c2ccc(Cl)cc2)n2cncn2)c1. The van der Waals surface area contributed by atoms with Crippen molar-refractivity contribution in [3.05, 3.63) is 77.3 Å². The van der Waals surface area contributed by atoms with Crippen LogP contribution < -0.4 is 4.90 Å². The Hall–Kier alpha value is -2.33. The lowest BCUT2D eigenvalue weighted by Gasteiger charge is -2.48. The molecule has 1 unspecified atom stereocenters. The summed E-state index contributed by atoms with van der Waals surface area (Å²) in [6.45, 7) is 3.11. The number of anilines is 1. The first-order valence-corrected chi connectivity index (χ1v) is 9.03. The van der Waals surface area contributed by atoms with Crippen molar-refractivity contribution < 1.29 is 0 Å². The van der Waals surface area contributed by atoms with Gasteiger partial charge in [0.2, 0.25) is 0 Å². The minimum atomic E-state index is -0.382. The molecule has 0 saturated carbocycles. The summed E-state index contributed by atoms with van der Waals surface area (Å²) in [6.07, 6.45) is 6.72. The van der Waals surface area contributed by atoms with Crippen LogP contribution in [0.4, 0.5) is 5.69 Å². The Labute approximate surface area is 153 Å². The van der Waals surface area contributed by atoms with E-state index in [9.17, 15) is 0 Å². The van der Waals surface area contributed by atoms with Gasteiger partial charge in [-0.25, -0.2) is 9.67 Å². The molecule has 5 heteroatoms. The number of hydrogen-bond donors (Lipinski definition) is 0. The number of hydrogen-bond acceptors (Lipinski definition) is 3. The maximum Gasteiger partial charge on any atom is 0.161 e. The smallest absolute Gasteiger partial charge is 0.161 e. The van der Waals surface area contributed by atoms with Gasteiger partial charge in [-0.1, -0.05) is 35.9 Å². The first-order valence-electron chi connectivity index (χ1n) is 8.66. The standard InChI is InChI=1S/C20H21ClN4/c1-16-5-4-6-19(13-16)24-12-3-2-11-20(24,25-15-22-14-23-25)17-7-9-18(21)10-8-17/h4-10,13-15H,2-3,11-12H2,1H3. The van der Waals surface area contributed by atoms with Crippen LogP contribution >= 0.6 is 11.6 Å². The highest BCUT2D eigenvalue weighted by Crippen LogP contribution is 2.41. The van der Waals surface area contributed by atoms with Crippen molar-refractivity contribution in [2.24, 2.45) is 0 Å². The van der Waals surface area contributed by atoms with E-state index >= 15 is 0 Å². The number of benzene rings is 2. The lowest BCUT2D eigenvalue weighted by atomic mass is 9.87. The van der Waals surface area contributed by atoms with Gasteiger partial charge in [-0.2, -0.15) is 5.10 Å². The molecule has 3 aromatic rings. The fraction of sp³-hybridized carbons (Fsp3) is 0.300. The van der Waals surface area contributed by atoms with Gasteiger partial charge in [-0.05, 0) is 61.6 Å². The average molecular weight is 353 g/mol. The molecule has 1 aromatic heterocycles. The fourth-order valence-corrected chi connectivity index (χ4v) is 4.01. The van der Waals surface area contributed by atoms with E-state index in [0.29, 0.717) is 0 Å². The van der Waals surface area contributed by atoms with Crippen LogP contribution in [-0.4, -0.2) is 21.3 Å². The molecule has 0 amide bonds. The average Bonchev–Trinajstić information content (AvgIpc) is 3.17. The first-order chi connectivity index (χ1) is 12.2. The van der Waals surface area contributed by atoms with E-state index in [4.69, 9.17) is 11.6 Å². The molecular formula is C20H21ClN4. The predicted octanol–water partition coefficient (Wildman–Crippen LogP) is 4.63. The number of piperidine rings is 1. The second kappa shape index (κ2) is 6.52. The third kappa shape index (κ3) is 2.81. The van der Waals surface area contributed by atoms with Crippen LogP contribution in [0.15, 0.2) is 61.2 Å². The Bertz CT molecular complexity index is 844. The molecule has 1 aliphatic rings. The summed E-state index contributed by atoms with van der Waals surface area (Å²) in [5.41, 5.74) is 3.27. The summed E-state index contributed by atoms with van der Waals surface area (Å²) in [7, 11) is 0. The van der Waals surface area contributed by atoms with Crippen molar-refractivity contribution in [1.82, 2.24) is 14.8 Å². The molecule has 25 heavy (non-hydrogen) atoms. The van der Waals surface area contributed by atoms with Crippen molar-refractivity contribution in [2.45, 2.75) is 31.8 Å². The summed E-state index contributed by atoms with van der Waals surface area (Å²) in [5.74, 6) is 0. The number of halogens is 1. The zero-order valence-corrected chi connectivity index (χ0v) is 15.0. The van der Waals surface area contributed by atoms with Crippen LogP contribution in [0.3, 0.4) is 0 Å². The maximum absolute atomic E-state index is 6.15. The van der Waals surface area contributed by atoms with Crippen LogP contribution in [-0.2, 0) is 5.66 Å². The molecule has 4 nitrogen and oxygen atoms in total. The molecule has 1 aliphatic heterocycles. The Morgan fingerprint density at radius 3 is 2.64 bits per heavy atom. The number of aromatic nitrogens is 3. The van der Waals surface area contributed by atoms with E-state index in [1.807, 2.05) is 23.1 Å². The Morgan fingerprint density at radius 1 is 1.08 bits per heavy atom. The maximum atomic E-state index is 6.15. The lowest BCUT2D eigenvalue weighted by Crippen LogP contribution is -2.55. The third-order valence-corrected chi connectivity index (χ3v) is 5.27. The van der Waals surface area contributed by atoms with E-state index in [2.05, 4.69) is 58.3 Å². The van der Waals surface area contributed by atoms with Crippen LogP contribution in [0.2, 0.25) is 5.02 Å². The second-order valence-corrected chi connectivity index (χ2v) is 7.05. The topological polar surface area (TPSA) is 34.0 Å². The van der Waals surface area contributed by atoms with Gasteiger partial charge in [0.1, 0.15) is 12.7 Å². The summed E-state index contributed by atoms with van der Waals surface area (Å²) in [6, 6.07) is 16.8. The predicted molar refractivity (Wildman–Crippen MR) is 101 cm³/mol. The molecular weight excluding hydrogens is 332 g/mol. The molecule has 0 N–H and O–H groups in total. The summed E-state index contributed by atoms with van der Waals surface area (Å²) >= 11 is 6.15. The molecule has 1 atom stereocenters. The van der Waals surface area contributed by atoms with Crippen LogP contribution in [0, 0.1) is 6.92 Å². The molecule has 0 aliphatic carbocycles. The van der Waals surface area contributed by atoms with E-state index in [1.165, 1.54) is 16.8 Å². The minimum Gasteiger partial charge on any atom is -0.343 e. The van der Waals surface area contributed by atoms with Gasteiger partial charge in [0.15, 0.2) is 5.66 Å². The third-order valence-electron chi connectivity index (χ3n) is 5.02. The largest absolute Gasteiger partial charge is 0.343 e. The summed E-state index contributed by atoms with van der Waals surface area (Å²) in [4.78, 5) is 6.69. The van der Waals surface area contributed by atoms with Gasteiger partial charge in [-0.15, -0.1) is 0 Å². The Kier molecular flexibility index (Phi) is 4.22. The molecule has 2 aromatic carbocycles. The van der Waals surface area contributed by atoms with E-state index in [0.717, 1.165) is 30.8 Å². The van der Waals surface area contributed by atoms with Crippen molar-refractivity contribution >= 4 is 17.3 Å². The van der Waals surface area contributed by atoms with Crippen LogP contribution in [0.25, 0.3) is 0 Å². The lowest BCUT2D eigenvalue weighted by molar-refractivity contribution is 0.240. The second-order valence-electron chi connectivity index (χ2n) is 6.61. The summed E-state index contributed by atoms with van der Waals surface area (Å²) < 4.78 is 2.00. The van der Waals surface area contributed by atoms with Crippen molar-refractivity contribution in [2.75, 3.05) is 11.4 Å². The molecule has 1 saturated heterocycles. The number of nitrogens with zero attached hydrogens (tertiary/aromatic N) is 4. The molecule has 4 rings (SSSR count). The van der Waals surface area contributed by atoms with Gasteiger partial charge < -0.3 is 4.90 Å². The normalized spacial score (nSPS) is 20.6. The van der Waals surface area contributed by atoms with Gasteiger partial charge in [0.05, 0.1) is 0 Å². The first kappa shape index (κ1) is 16.2. The molecule has 0 spiro atoms. The quantitative estimate of drug-likeness (QED) is 0.689. The van der Waals surface area contributed by atoms with Gasteiger partial charge >= 0.3 is 0 Å². The highest BCUT2D eigenvalue weighted by atomic mass is 35.5. The highest BCUT2D eigenvalue weighted by molar-refractivity contribution is 6.30. The molecule has 128 valence electrons. The molecule has 0 radical (unpaired) electrons. The van der Waals surface area contributed by atoms with Crippen LogP contribution in [0.5, 0.6) is 0 Å². The van der Waals surface area contributed by atoms with Gasteiger partial charge in [0.25, 0.3) is 0 Å². The molecule has 0 bridgehead atoms. The number of aryl methyl sites for hydroxylation is 1. The Balaban J connectivity index is 1.92. The van der Waals surface area contributed by atoms with Crippen molar-refractivity contribution in [3.8, 4) is 0 Å². The van der Waals surface area contributed by atoms with E-state index < -0.39 is 0 Å². The molecule has 2 heterocycles. The monoisotopic (exact) mass is 352 g/mol. The minimum absolute atomic E-state index is 0.382. The van der Waals surface area contributed by atoms with Crippen molar-refractivity contribution in [1.29, 1.82) is 0 Å². The zero-order chi connectivity index (χ0) is 17.3. The van der Waals surface area contributed by atoms with Gasteiger partial charge in [-0.3, -0.25) is 0 Å². The zero-order valence-electron chi connectivity index (χ0n) is 14.3. The van der Waals surface area contributed by atoms with Crippen LogP contribution in [0.1, 0.15) is 30.4 Å². The fourth-order valence-electron chi connectivity index (χ4n) is 3.89. The summed E-state index contributed by atoms with van der Waals surface area (Å²) in [5, 5.41) is 5.29. The van der Waals surface area contributed by atoms with E-state index in [1.54, 1.807) is 6.33 Å².